The third-order valence-corrected chi connectivity index (χ3v) is 2.04. The third-order valence-electron chi connectivity index (χ3n) is 2.04. The van der Waals surface area contributed by atoms with Gasteiger partial charge in [-0.15, -0.1) is 0 Å². The Labute approximate surface area is 62.1 Å². The fourth-order valence-electron chi connectivity index (χ4n) is 1.08. The summed E-state index contributed by atoms with van der Waals surface area (Å²) in [6, 6.07) is 0.518. The first-order valence-electron chi connectivity index (χ1n) is 3.73. The van der Waals surface area contributed by atoms with Gasteiger partial charge in [0.25, 0.3) is 0 Å². The second kappa shape index (κ2) is 3.91. The number of hydrogen-bond donors (Lipinski definition) is 1. The zero-order valence-electron chi connectivity index (χ0n) is 6.63. The topological polar surface area (TPSA) is 35.4 Å². The lowest BCUT2D eigenvalue weighted by Gasteiger charge is -2.26. The van der Waals surface area contributed by atoms with Gasteiger partial charge in [-0.05, 0) is 14.0 Å². The minimum absolute atomic E-state index is 0.518. The van der Waals surface area contributed by atoms with Gasteiger partial charge in [-0.25, -0.2) is 5.32 Å². The summed E-state index contributed by atoms with van der Waals surface area (Å²) in [5.41, 5.74) is 0. The van der Waals surface area contributed by atoms with E-state index in [0.29, 0.717) is 18.7 Å². The molecule has 0 aromatic carbocycles. The fraction of sp³-hybridized carbons (Fsp3) is 1.00. The van der Waals surface area contributed by atoms with Crippen LogP contribution in [0.25, 0.3) is 0 Å². The van der Waals surface area contributed by atoms with Gasteiger partial charge in [0.1, 0.15) is 6.73 Å². The van der Waals surface area contributed by atoms with Crippen molar-refractivity contribution in [3.05, 3.63) is 0 Å². The van der Waals surface area contributed by atoms with Gasteiger partial charge in [-0.2, -0.15) is 0 Å². The first-order chi connectivity index (χ1) is 4.84. The highest BCUT2D eigenvalue weighted by Crippen LogP contribution is 2.06. The van der Waals surface area contributed by atoms with Crippen molar-refractivity contribution < 1.29 is 4.74 Å². The van der Waals surface area contributed by atoms with Gasteiger partial charge in [-0.3, -0.25) is 0 Å². The molecule has 0 aliphatic carbocycles. The fourth-order valence-corrected chi connectivity index (χ4v) is 1.08. The highest BCUT2D eigenvalue weighted by molar-refractivity contribution is 4.73. The second-order valence-corrected chi connectivity index (χ2v) is 2.74. The molecule has 1 radical (unpaired) electrons. The van der Waals surface area contributed by atoms with E-state index in [9.17, 15) is 0 Å². The molecule has 1 saturated heterocycles. The number of hydrogen-bond acceptors (Lipinski definition) is 2. The molecule has 1 N–H and O–H groups in total. The maximum Gasteiger partial charge on any atom is 0.112 e. The van der Waals surface area contributed by atoms with Crippen LogP contribution in [0.5, 0.6) is 0 Å². The SMILES string of the molecule is CNC(C)C1C[N]COC1. The van der Waals surface area contributed by atoms with Gasteiger partial charge in [0.2, 0.25) is 0 Å². The Hall–Kier alpha value is -0.120. The molecule has 2 atom stereocenters. The molecule has 59 valence electrons. The molecule has 10 heavy (non-hydrogen) atoms. The third kappa shape index (κ3) is 1.94. The molecule has 1 aliphatic heterocycles. The van der Waals surface area contributed by atoms with E-state index in [1.54, 1.807) is 0 Å². The Bertz CT molecular complexity index is 91.6. The summed E-state index contributed by atoms with van der Waals surface area (Å²) < 4.78 is 5.20. The van der Waals surface area contributed by atoms with Crippen LogP contribution < -0.4 is 10.6 Å². The van der Waals surface area contributed by atoms with Gasteiger partial charge >= 0.3 is 0 Å². The molecule has 1 heterocycles. The molecule has 0 aromatic rings. The lowest BCUT2D eigenvalue weighted by molar-refractivity contribution is 0.0326. The van der Waals surface area contributed by atoms with Gasteiger partial charge < -0.3 is 10.1 Å². The number of rotatable bonds is 2. The summed E-state index contributed by atoms with van der Waals surface area (Å²) in [5, 5.41) is 7.36. The normalized spacial score (nSPS) is 30.0. The quantitative estimate of drug-likeness (QED) is 0.581. The van der Waals surface area contributed by atoms with Crippen LogP contribution in [0.3, 0.4) is 0 Å². The van der Waals surface area contributed by atoms with Crippen molar-refractivity contribution in [3.8, 4) is 0 Å². The molecule has 1 aliphatic rings. The lowest BCUT2D eigenvalue weighted by Crippen LogP contribution is -2.42. The summed E-state index contributed by atoms with van der Waals surface area (Å²) in [4.78, 5) is 0. The minimum atomic E-state index is 0.518. The number of ether oxygens (including phenoxy) is 1. The molecule has 2 unspecified atom stereocenters. The lowest BCUT2D eigenvalue weighted by atomic mass is 10.0. The molecule has 1 fully saturated rings. The van der Waals surface area contributed by atoms with Gasteiger partial charge in [0, 0.05) is 18.5 Å². The minimum Gasteiger partial charge on any atom is -0.364 e. The van der Waals surface area contributed by atoms with E-state index in [0.717, 1.165) is 13.2 Å². The van der Waals surface area contributed by atoms with Crippen LogP contribution in [-0.4, -0.2) is 33.0 Å². The van der Waals surface area contributed by atoms with Crippen LogP contribution in [0, 0.1) is 5.92 Å². The van der Waals surface area contributed by atoms with E-state index in [1.165, 1.54) is 0 Å². The van der Waals surface area contributed by atoms with Crippen molar-refractivity contribution in [2.24, 2.45) is 5.92 Å². The van der Waals surface area contributed by atoms with Crippen LogP contribution in [-0.2, 0) is 4.74 Å². The number of nitrogens with one attached hydrogen (secondary N) is 1. The van der Waals surface area contributed by atoms with Crippen LogP contribution in [0.15, 0.2) is 0 Å². The van der Waals surface area contributed by atoms with Crippen molar-refractivity contribution >= 4 is 0 Å². The zero-order chi connectivity index (χ0) is 7.40. The second-order valence-electron chi connectivity index (χ2n) is 2.74. The predicted molar refractivity (Wildman–Crippen MR) is 39.8 cm³/mol. The molecule has 3 nitrogen and oxygen atoms in total. The first kappa shape index (κ1) is 7.98. The maximum absolute atomic E-state index is 5.20. The molecule has 1 rings (SSSR count). The zero-order valence-corrected chi connectivity index (χ0v) is 6.63. The van der Waals surface area contributed by atoms with Crippen molar-refractivity contribution in [2.75, 3.05) is 26.9 Å². The number of nitrogens with zero attached hydrogens (tertiary/aromatic N) is 1. The Morgan fingerprint density at radius 1 is 1.70 bits per heavy atom. The first-order valence-corrected chi connectivity index (χ1v) is 3.73. The summed E-state index contributed by atoms with van der Waals surface area (Å²) in [6.07, 6.45) is 0. The Kier molecular flexibility index (Phi) is 3.12. The van der Waals surface area contributed by atoms with Crippen molar-refractivity contribution in [1.82, 2.24) is 10.6 Å². The highest BCUT2D eigenvalue weighted by atomic mass is 16.5. The molecular weight excluding hydrogens is 128 g/mol. The average molecular weight is 143 g/mol. The molecule has 0 saturated carbocycles. The van der Waals surface area contributed by atoms with E-state index in [1.807, 2.05) is 7.05 Å². The van der Waals surface area contributed by atoms with Crippen LogP contribution in [0.4, 0.5) is 0 Å². The van der Waals surface area contributed by atoms with Crippen LogP contribution in [0.1, 0.15) is 6.92 Å². The highest BCUT2D eigenvalue weighted by Gasteiger charge is 2.19. The molecule has 0 amide bonds. The van der Waals surface area contributed by atoms with Crippen LogP contribution in [0.2, 0.25) is 0 Å². The Balaban J connectivity index is 2.24. The summed E-state index contributed by atoms with van der Waals surface area (Å²) in [6.45, 7) is 4.55. The largest absolute Gasteiger partial charge is 0.364 e. The van der Waals surface area contributed by atoms with Crippen molar-refractivity contribution in [2.45, 2.75) is 13.0 Å². The van der Waals surface area contributed by atoms with E-state index in [2.05, 4.69) is 17.6 Å². The monoisotopic (exact) mass is 143 g/mol. The maximum atomic E-state index is 5.20. The van der Waals surface area contributed by atoms with Gasteiger partial charge in [-0.1, -0.05) is 0 Å². The van der Waals surface area contributed by atoms with Crippen LogP contribution >= 0.6 is 0 Å². The summed E-state index contributed by atoms with van der Waals surface area (Å²) in [7, 11) is 1.97. The Morgan fingerprint density at radius 3 is 3.00 bits per heavy atom. The average Bonchev–Trinajstić information content (AvgIpc) is 2.05. The molecule has 0 spiro atoms. The summed E-state index contributed by atoms with van der Waals surface area (Å²) in [5.74, 6) is 0.568. The predicted octanol–water partition coefficient (Wildman–Crippen LogP) is -0.197. The van der Waals surface area contributed by atoms with E-state index < -0.39 is 0 Å². The van der Waals surface area contributed by atoms with Crippen molar-refractivity contribution in [3.63, 3.8) is 0 Å². The van der Waals surface area contributed by atoms with E-state index in [-0.39, 0.29) is 0 Å². The van der Waals surface area contributed by atoms with Gasteiger partial charge in [0.05, 0.1) is 6.61 Å². The molecule has 0 bridgehead atoms. The Morgan fingerprint density at radius 2 is 2.50 bits per heavy atom. The van der Waals surface area contributed by atoms with Gasteiger partial charge in [0.15, 0.2) is 0 Å². The molecule has 3 heteroatoms. The summed E-state index contributed by atoms with van der Waals surface area (Å²) >= 11 is 0. The molecular formula is C7H15N2O. The van der Waals surface area contributed by atoms with E-state index >= 15 is 0 Å². The standard InChI is InChI=1S/C7H15N2O/c1-6(8-2)7-3-9-5-10-4-7/h6-8H,3-5H2,1-2H3. The molecule has 0 aromatic heterocycles. The smallest absolute Gasteiger partial charge is 0.112 e. The van der Waals surface area contributed by atoms with E-state index in [4.69, 9.17) is 4.74 Å². The van der Waals surface area contributed by atoms with Crippen molar-refractivity contribution in [1.29, 1.82) is 0 Å².